The first kappa shape index (κ1) is 19.4. The SMILES string of the molecule is CCN(CC)c1ccc(N(C)/N=C(\C(=O)OC)c2cccc[n+]2C)cc1. The summed E-state index contributed by atoms with van der Waals surface area (Å²) in [6, 6.07) is 13.7. The lowest BCUT2D eigenvalue weighted by Crippen LogP contribution is -2.39. The predicted octanol–water partition coefficient (Wildman–Crippen LogP) is 2.37. The van der Waals surface area contributed by atoms with E-state index in [-0.39, 0.29) is 5.71 Å². The number of ether oxygens (including phenoxy) is 1. The van der Waals surface area contributed by atoms with Crippen molar-refractivity contribution in [2.24, 2.45) is 12.1 Å². The van der Waals surface area contributed by atoms with E-state index in [9.17, 15) is 4.79 Å². The van der Waals surface area contributed by atoms with Gasteiger partial charge in [0.1, 0.15) is 7.05 Å². The zero-order valence-corrected chi connectivity index (χ0v) is 16.1. The standard InChI is InChI=1S/C20H27N4O2/c1-6-24(7-2)17-13-11-16(12-14-17)23(4)21-19(20(25)26-5)18-10-8-9-15-22(18)3/h8-15H,6-7H2,1-5H3/q+1. The summed E-state index contributed by atoms with van der Waals surface area (Å²) in [5, 5.41) is 6.19. The molecule has 2 aromatic rings. The number of benzene rings is 1. The third-order valence-corrected chi connectivity index (χ3v) is 4.28. The number of anilines is 2. The predicted molar refractivity (Wildman–Crippen MR) is 105 cm³/mol. The number of carbonyl (C=O) groups excluding carboxylic acids is 1. The Morgan fingerprint density at radius 3 is 2.23 bits per heavy atom. The number of pyridine rings is 1. The first-order chi connectivity index (χ1) is 12.5. The van der Waals surface area contributed by atoms with Crippen LogP contribution in [-0.2, 0) is 16.6 Å². The molecule has 0 unspecified atom stereocenters. The molecule has 1 aromatic heterocycles. The van der Waals surface area contributed by atoms with E-state index in [0.717, 1.165) is 18.8 Å². The minimum Gasteiger partial charge on any atom is -0.464 e. The highest BCUT2D eigenvalue weighted by Crippen LogP contribution is 2.20. The molecule has 0 aliphatic rings. The smallest absolute Gasteiger partial charge is 0.365 e. The number of hydrazone groups is 1. The van der Waals surface area contributed by atoms with Crippen molar-refractivity contribution in [1.29, 1.82) is 0 Å². The summed E-state index contributed by atoms with van der Waals surface area (Å²) in [6.07, 6.45) is 1.87. The number of aryl methyl sites for hydroxylation is 1. The van der Waals surface area contributed by atoms with Gasteiger partial charge in [0.15, 0.2) is 6.20 Å². The Hall–Kier alpha value is -2.89. The van der Waals surface area contributed by atoms with Crippen LogP contribution >= 0.6 is 0 Å². The van der Waals surface area contributed by atoms with Crippen molar-refractivity contribution in [2.75, 3.05) is 37.2 Å². The molecule has 6 heteroatoms. The zero-order chi connectivity index (χ0) is 19.1. The number of carbonyl (C=O) groups is 1. The number of hydrogen-bond donors (Lipinski definition) is 0. The molecule has 0 amide bonds. The van der Waals surface area contributed by atoms with Gasteiger partial charge in [-0.2, -0.15) is 9.67 Å². The quantitative estimate of drug-likeness (QED) is 0.331. The molecule has 2 rings (SSSR count). The lowest BCUT2D eigenvalue weighted by Gasteiger charge is -2.22. The van der Waals surface area contributed by atoms with Crippen LogP contribution in [-0.4, -0.2) is 38.9 Å². The van der Waals surface area contributed by atoms with Gasteiger partial charge in [0, 0.05) is 38.0 Å². The first-order valence-corrected chi connectivity index (χ1v) is 8.72. The number of nitrogens with zero attached hydrogens (tertiary/aromatic N) is 4. The Balaban J connectivity index is 2.34. The van der Waals surface area contributed by atoms with E-state index in [1.54, 1.807) is 5.01 Å². The molecule has 0 saturated carbocycles. The average Bonchev–Trinajstić information content (AvgIpc) is 2.67. The second-order valence-corrected chi connectivity index (χ2v) is 5.85. The Morgan fingerprint density at radius 1 is 1.08 bits per heavy atom. The van der Waals surface area contributed by atoms with E-state index in [1.165, 1.54) is 12.8 Å². The Kier molecular flexibility index (Phi) is 6.72. The van der Waals surface area contributed by atoms with E-state index >= 15 is 0 Å². The summed E-state index contributed by atoms with van der Waals surface area (Å²) < 4.78 is 6.76. The molecule has 138 valence electrons. The summed E-state index contributed by atoms with van der Waals surface area (Å²) in [6.45, 7) is 6.19. The molecule has 0 fully saturated rings. The van der Waals surface area contributed by atoms with Crippen molar-refractivity contribution in [2.45, 2.75) is 13.8 Å². The lowest BCUT2D eigenvalue weighted by molar-refractivity contribution is -0.672. The monoisotopic (exact) mass is 355 g/mol. The molecule has 0 bridgehead atoms. The summed E-state index contributed by atoms with van der Waals surface area (Å²) in [4.78, 5) is 14.5. The van der Waals surface area contributed by atoms with E-state index in [2.05, 4.69) is 36.0 Å². The summed E-state index contributed by atoms with van der Waals surface area (Å²) in [7, 11) is 5.05. The molecular weight excluding hydrogens is 328 g/mol. The van der Waals surface area contributed by atoms with Crippen LogP contribution in [0.3, 0.4) is 0 Å². The third-order valence-electron chi connectivity index (χ3n) is 4.28. The van der Waals surface area contributed by atoms with Crippen molar-refractivity contribution in [3.63, 3.8) is 0 Å². The number of esters is 1. The fourth-order valence-corrected chi connectivity index (χ4v) is 2.74. The molecule has 0 atom stereocenters. The van der Waals surface area contributed by atoms with Crippen molar-refractivity contribution in [3.8, 4) is 0 Å². The van der Waals surface area contributed by atoms with Gasteiger partial charge in [-0.05, 0) is 44.2 Å². The van der Waals surface area contributed by atoms with Gasteiger partial charge in [0.25, 0.3) is 0 Å². The lowest BCUT2D eigenvalue weighted by atomic mass is 10.2. The normalized spacial score (nSPS) is 11.2. The molecule has 6 nitrogen and oxygen atoms in total. The van der Waals surface area contributed by atoms with E-state index < -0.39 is 5.97 Å². The zero-order valence-electron chi connectivity index (χ0n) is 16.1. The van der Waals surface area contributed by atoms with Gasteiger partial charge in [-0.15, -0.1) is 0 Å². The van der Waals surface area contributed by atoms with Crippen LogP contribution in [0.15, 0.2) is 53.8 Å². The third kappa shape index (κ3) is 4.39. The highest BCUT2D eigenvalue weighted by atomic mass is 16.5. The second-order valence-electron chi connectivity index (χ2n) is 5.85. The summed E-state index contributed by atoms with van der Waals surface area (Å²) in [5.41, 5.74) is 3.00. The van der Waals surface area contributed by atoms with E-state index in [1.807, 2.05) is 55.2 Å². The van der Waals surface area contributed by atoms with Gasteiger partial charge < -0.3 is 9.64 Å². The molecule has 0 spiro atoms. The highest BCUT2D eigenvalue weighted by Gasteiger charge is 2.24. The number of hydrogen-bond acceptors (Lipinski definition) is 5. The van der Waals surface area contributed by atoms with Gasteiger partial charge in [0.05, 0.1) is 12.8 Å². The van der Waals surface area contributed by atoms with Crippen LogP contribution in [0.4, 0.5) is 11.4 Å². The van der Waals surface area contributed by atoms with E-state index in [4.69, 9.17) is 4.74 Å². The topological polar surface area (TPSA) is 49.0 Å². The molecule has 0 N–H and O–H groups in total. The van der Waals surface area contributed by atoms with Crippen LogP contribution < -0.4 is 14.5 Å². The average molecular weight is 355 g/mol. The maximum atomic E-state index is 12.3. The van der Waals surface area contributed by atoms with Gasteiger partial charge in [-0.25, -0.2) is 4.79 Å². The van der Waals surface area contributed by atoms with Crippen molar-refractivity contribution >= 4 is 23.1 Å². The van der Waals surface area contributed by atoms with Crippen molar-refractivity contribution in [1.82, 2.24) is 0 Å². The number of rotatable bonds is 7. The van der Waals surface area contributed by atoms with Crippen LogP contribution in [0.5, 0.6) is 0 Å². The van der Waals surface area contributed by atoms with Crippen LogP contribution in [0.25, 0.3) is 0 Å². The molecule has 0 aliphatic carbocycles. The van der Waals surface area contributed by atoms with Gasteiger partial charge in [-0.1, -0.05) is 0 Å². The summed E-state index contributed by atoms with van der Waals surface area (Å²) >= 11 is 0. The highest BCUT2D eigenvalue weighted by molar-refractivity contribution is 6.42. The van der Waals surface area contributed by atoms with E-state index in [0.29, 0.717) is 5.69 Å². The summed E-state index contributed by atoms with van der Waals surface area (Å²) in [5.74, 6) is -0.474. The Labute approximate surface area is 155 Å². The van der Waals surface area contributed by atoms with Gasteiger partial charge in [-0.3, -0.25) is 5.01 Å². The molecular formula is C20H27N4O2+. The van der Waals surface area contributed by atoms with Crippen molar-refractivity contribution in [3.05, 3.63) is 54.4 Å². The first-order valence-electron chi connectivity index (χ1n) is 8.72. The van der Waals surface area contributed by atoms with Crippen molar-refractivity contribution < 1.29 is 14.1 Å². The van der Waals surface area contributed by atoms with Gasteiger partial charge >= 0.3 is 5.97 Å². The van der Waals surface area contributed by atoms with Gasteiger partial charge in [0.2, 0.25) is 11.4 Å². The number of methoxy groups -OCH3 is 1. The molecule has 1 heterocycles. The molecule has 1 aromatic carbocycles. The van der Waals surface area contributed by atoms with Crippen LogP contribution in [0, 0.1) is 0 Å². The van der Waals surface area contributed by atoms with Crippen LogP contribution in [0.2, 0.25) is 0 Å². The molecule has 0 saturated heterocycles. The largest absolute Gasteiger partial charge is 0.464 e. The molecule has 0 radical (unpaired) electrons. The fraction of sp³-hybridized carbons (Fsp3) is 0.350. The maximum Gasteiger partial charge on any atom is 0.365 e. The number of aromatic nitrogens is 1. The minimum atomic E-state index is -0.474. The fourth-order valence-electron chi connectivity index (χ4n) is 2.74. The molecule has 26 heavy (non-hydrogen) atoms. The maximum absolute atomic E-state index is 12.3. The Bertz CT molecular complexity index is 768. The second kappa shape index (κ2) is 8.99. The minimum absolute atomic E-state index is 0.255. The Morgan fingerprint density at radius 2 is 1.69 bits per heavy atom. The van der Waals surface area contributed by atoms with Crippen LogP contribution in [0.1, 0.15) is 19.5 Å². The molecule has 0 aliphatic heterocycles.